The molecule has 36 heavy (non-hydrogen) atoms. The van der Waals surface area contributed by atoms with Crippen molar-refractivity contribution in [3.63, 3.8) is 0 Å². The molecule has 2 aromatic heterocycles. The summed E-state index contributed by atoms with van der Waals surface area (Å²) in [5.41, 5.74) is 5.16. The number of benzene rings is 1. The van der Waals surface area contributed by atoms with Crippen molar-refractivity contribution < 1.29 is 14.3 Å². The SMILES string of the molecule is Cc1ccnc2ccc(C(=O)N3CCC4(CC3)CC(NC(=O)c3n[nH]c5c3CC(C)CC5)CO4)cc12. The number of nitrogens with zero attached hydrogens (tertiary/aromatic N) is 3. The van der Waals surface area contributed by atoms with Crippen LogP contribution < -0.4 is 5.32 Å². The molecule has 2 saturated heterocycles. The first-order chi connectivity index (χ1) is 17.4. The predicted octanol–water partition coefficient (Wildman–Crippen LogP) is 3.58. The lowest BCUT2D eigenvalue weighted by Crippen LogP contribution is -2.47. The van der Waals surface area contributed by atoms with Crippen molar-refractivity contribution in [1.82, 2.24) is 25.4 Å². The van der Waals surface area contributed by atoms with Crippen molar-refractivity contribution in [3.8, 4) is 0 Å². The third-order valence-electron chi connectivity index (χ3n) is 8.32. The number of likely N-dealkylation sites (tertiary alicyclic amines) is 1. The first-order valence-corrected chi connectivity index (χ1v) is 13.1. The predicted molar refractivity (Wildman–Crippen MR) is 136 cm³/mol. The molecule has 2 unspecified atom stereocenters. The largest absolute Gasteiger partial charge is 0.373 e. The summed E-state index contributed by atoms with van der Waals surface area (Å²) in [5, 5.41) is 11.6. The fourth-order valence-corrected chi connectivity index (χ4v) is 6.11. The number of pyridine rings is 1. The lowest BCUT2D eigenvalue weighted by Gasteiger charge is -2.38. The van der Waals surface area contributed by atoms with Gasteiger partial charge >= 0.3 is 0 Å². The lowest BCUT2D eigenvalue weighted by molar-refractivity contribution is -0.0389. The van der Waals surface area contributed by atoms with Gasteiger partial charge in [0.15, 0.2) is 5.69 Å². The van der Waals surface area contributed by atoms with Gasteiger partial charge in [0.05, 0.1) is 23.8 Å². The molecule has 188 valence electrons. The normalized spacial score (nSPS) is 23.1. The van der Waals surface area contributed by atoms with E-state index in [9.17, 15) is 9.59 Å². The number of aromatic nitrogens is 3. The van der Waals surface area contributed by atoms with E-state index in [4.69, 9.17) is 4.74 Å². The lowest BCUT2D eigenvalue weighted by atomic mass is 9.86. The molecule has 4 heterocycles. The summed E-state index contributed by atoms with van der Waals surface area (Å²) in [7, 11) is 0. The Kier molecular flexibility index (Phi) is 5.79. The summed E-state index contributed by atoms with van der Waals surface area (Å²) in [4.78, 5) is 32.6. The second-order valence-electron chi connectivity index (χ2n) is 10.9. The number of aryl methyl sites for hydroxylation is 2. The molecule has 0 bridgehead atoms. The zero-order valence-electron chi connectivity index (χ0n) is 21.0. The van der Waals surface area contributed by atoms with Crippen LogP contribution in [0, 0.1) is 12.8 Å². The van der Waals surface area contributed by atoms with E-state index in [2.05, 4.69) is 27.4 Å². The van der Waals surface area contributed by atoms with Crippen molar-refractivity contribution in [2.75, 3.05) is 19.7 Å². The molecular formula is C28H33N5O3. The molecular weight excluding hydrogens is 454 g/mol. The van der Waals surface area contributed by atoms with Crippen molar-refractivity contribution in [3.05, 3.63) is 58.5 Å². The van der Waals surface area contributed by atoms with Gasteiger partial charge in [-0.1, -0.05) is 6.92 Å². The molecule has 1 aliphatic carbocycles. The van der Waals surface area contributed by atoms with Crippen molar-refractivity contribution >= 4 is 22.7 Å². The topological polar surface area (TPSA) is 100 Å². The van der Waals surface area contributed by atoms with Gasteiger partial charge in [0.2, 0.25) is 0 Å². The minimum Gasteiger partial charge on any atom is -0.373 e. The van der Waals surface area contributed by atoms with Crippen LogP contribution in [0.2, 0.25) is 0 Å². The molecule has 2 N–H and O–H groups in total. The average molecular weight is 488 g/mol. The number of rotatable bonds is 3. The second-order valence-corrected chi connectivity index (χ2v) is 10.9. The van der Waals surface area contributed by atoms with Crippen molar-refractivity contribution in [1.29, 1.82) is 0 Å². The van der Waals surface area contributed by atoms with Gasteiger partial charge in [-0.25, -0.2) is 0 Å². The van der Waals surface area contributed by atoms with E-state index < -0.39 is 0 Å². The zero-order chi connectivity index (χ0) is 24.9. The van der Waals surface area contributed by atoms with E-state index in [1.54, 1.807) is 6.20 Å². The van der Waals surface area contributed by atoms with Gasteiger partial charge in [-0.05, 0) is 81.2 Å². The summed E-state index contributed by atoms with van der Waals surface area (Å²) in [6, 6.07) is 7.68. The highest BCUT2D eigenvalue weighted by atomic mass is 16.5. The third-order valence-corrected chi connectivity index (χ3v) is 8.32. The fraction of sp³-hybridized carbons (Fsp3) is 0.500. The molecule has 1 aromatic carbocycles. The molecule has 3 aliphatic rings. The number of carbonyl (C=O) groups is 2. The van der Waals surface area contributed by atoms with Crippen LogP contribution in [0.25, 0.3) is 10.9 Å². The molecule has 8 heteroatoms. The number of H-pyrrole nitrogens is 1. The Balaban J connectivity index is 1.07. The number of ether oxygens (including phenoxy) is 1. The highest BCUT2D eigenvalue weighted by Crippen LogP contribution is 2.37. The molecule has 3 aromatic rings. The summed E-state index contributed by atoms with van der Waals surface area (Å²) in [6.07, 6.45) is 7.10. The Hall–Kier alpha value is -3.26. The number of fused-ring (bicyclic) bond motifs is 2. The molecule has 2 fully saturated rings. The highest BCUT2D eigenvalue weighted by molar-refractivity contribution is 5.98. The molecule has 0 saturated carbocycles. The summed E-state index contributed by atoms with van der Waals surface area (Å²) in [5.74, 6) is 0.513. The van der Waals surface area contributed by atoms with Crippen LogP contribution in [0.15, 0.2) is 30.5 Å². The number of carbonyl (C=O) groups excluding carboxylic acids is 2. The van der Waals surface area contributed by atoms with E-state index >= 15 is 0 Å². The van der Waals surface area contributed by atoms with Crippen molar-refractivity contribution in [2.45, 2.75) is 64.0 Å². The summed E-state index contributed by atoms with van der Waals surface area (Å²) < 4.78 is 6.26. The van der Waals surface area contributed by atoms with Crippen LogP contribution >= 0.6 is 0 Å². The van der Waals surface area contributed by atoms with Gasteiger partial charge in [0, 0.05) is 41.5 Å². The van der Waals surface area contributed by atoms with E-state index in [0.717, 1.165) is 66.2 Å². The van der Waals surface area contributed by atoms with Gasteiger partial charge in [0.25, 0.3) is 11.8 Å². The van der Waals surface area contributed by atoms with Crippen LogP contribution in [0.5, 0.6) is 0 Å². The van der Waals surface area contributed by atoms with E-state index in [1.807, 2.05) is 36.1 Å². The fourth-order valence-electron chi connectivity index (χ4n) is 6.11. The molecule has 6 rings (SSSR count). The summed E-state index contributed by atoms with van der Waals surface area (Å²) >= 11 is 0. The smallest absolute Gasteiger partial charge is 0.272 e. The number of hydrogen-bond acceptors (Lipinski definition) is 5. The average Bonchev–Trinajstić information content (AvgIpc) is 3.48. The maximum atomic E-state index is 13.2. The molecule has 2 aliphatic heterocycles. The van der Waals surface area contributed by atoms with Gasteiger partial charge in [-0.15, -0.1) is 0 Å². The zero-order valence-corrected chi connectivity index (χ0v) is 21.0. The van der Waals surface area contributed by atoms with Gasteiger partial charge < -0.3 is 15.0 Å². The molecule has 1 spiro atoms. The van der Waals surface area contributed by atoms with Crippen LogP contribution in [0.4, 0.5) is 0 Å². The van der Waals surface area contributed by atoms with Crippen LogP contribution in [0.3, 0.4) is 0 Å². The highest BCUT2D eigenvalue weighted by Gasteiger charge is 2.44. The maximum absolute atomic E-state index is 13.2. The molecule has 2 amide bonds. The van der Waals surface area contributed by atoms with Gasteiger partial charge in [-0.3, -0.25) is 19.7 Å². The minimum atomic E-state index is -0.280. The Morgan fingerprint density at radius 1 is 1.22 bits per heavy atom. The standard InChI is InChI=1S/C28H33N5O3/c1-17-3-5-24-22(13-17)25(32-31-24)26(34)30-20-15-28(36-16-20)8-11-33(12-9-28)27(35)19-4-6-23-21(14-19)18(2)7-10-29-23/h4,6-7,10,14,17,20H,3,5,8-9,11-13,15-16H2,1-2H3,(H,30,34)(H,31,32). The number of hydrogen-bond donors (Lipinski definition) is 2. The third kappa shape index (κ3) is 4.17. The van der Waals surface area contributed by atoms with Crippen LogP contribution in [0.1, 0.15) is 70.3 Å². The molecule has 0 radical (unpaired) electrons. The van der Waals surface area contributed by atoms with Crippen LogP contribution in [-0.2, 0) is 17.6 Å². The Labute approximate surface area is 210 Å². The van der Waals surface area contributed by atoms with E-state index in [-0.39, 0.29) is 23.5 Å². The Bertz CT molecular complexity index is 1320. The van der Waals surface area contributed by atoms with Crippen molar-refractivity contribution in [2.24, 2.45) is 5.92 Å². The minimum absolute atomic E-state index is 0.0379. The molecule has 2 atom stereocenters. The maximum Gasteiger partial charge on any atom is 0.272 e. The number of amides is 2. The van der Waals surface area contributed by atoms with E-state index in [0.29, 0.717) is 36.9 Å². The van der Waals surface area contributed by atoms with Gasteiger partial charge in [0.1, 0.15) is 0 Å². The quantitative estimate of drug-likeness (QED) is 0.588. The van der Waals surface area contributed by atoms with E-state index in [1.165, 1.54) is 0 Å². The Morgan fingerprint density at radius 3 is 2.89 bits per heavy atom. The Morgan fingerprint density at radius 2 is 2.06 bits per heavy atom. The number of piperidine rings is 1. The number of nitrogens with one attached hydrogen (secondary N) is 2. The molecule has 8 nitrogen and oxygen atoms in total. The van der Waals surface area contributed by atoms with Gasteiger partial charge in [-0.2, -0.15) is 5.10 Å². The first-order valence-electron chi connectivity index (χ1n) is 13.1. The first kappa shape index (κ1) is 23.2. The number of aromatic amines is 1. The monoisotopic (exact) mass is 487 g/mol. The second kappa shape index (κ2) is 9.00. The van der Waals surface area contributed by atoms with Crippen LogP contribution in [-0.4, -0.2) is 63.2 Å². The summed E-state index contributed by atoms with van der Waals surface area (Å²) in [6.45, 7) is 6.06.